The van der Waals surface area contributed by atoms with Crippen LogP contribution in [-0.4, -0.2) is 6.26 Å². The number of thioether (sulfide) groups is 1. The molecule has 0 atom stereocenters. The van der Waals surface area contributed by atoms with Gasteiger partial charge in [-0.3, -0.25) is 0 Å². The van der Waals surface area contributed by atoms with Crippen LogP contribution in [0.2, 0.25) is 0 Å². The van der Waals surface area contributed by atoms with Crippen LogP contribution in [0.25, 0.3) is 0 Å². The third-order valence-corrected chi connectivity index (χ3v) is 1.93. The van der Waals surface area contributed by atoms with Crippen molar-refractivity contribution >= 4 is 11.8 Å². The van der Waals surface area contributed by atoms with Crippen LogP contribution in [0.1, 0.15) is 0 Å². The van der Waals surface area contributed by atoms with Crippen molar-refractivity contribution in [3.05, 3.63) is 24.5 Å². The lowest BCUT2D eigenvalue weighted by Gasteiger charge is -1.89. The molecular formula is C7H10NS+. The van der Waals surface area contributed by atoms with Crippen molar-refractivity contribution < 1.29 is 4.57 Å². The highest BCUT2D eigenvalue weighted by Crippen LogP contribution is 2.09. The minimum Gasteiger partial charge on any atom is -0.208 e. The highest BCUT2D eigenvalue weighted by molar-refractivity contribution is 7.98. The normalized spacial score (nSPS) is 9.56. The summed E-state index contributed by atoms with van der Waals surface area (Å²) in [6.07, 6.45) is 6.17. The third-order valence-electron chi connectivity index (χ3n) is 1.18. The Balaban J connectivity index is 2.88. The molecular weight excluding hydrogens is 130 g/mol. The highest BCUT2D eigenvalue weighted by atomic mass is 32.2. The number of nitrogens with zero attached hydrogens (tertiary/aromatic N) is 1. The molecule has 0 spiro atoms. The number of pyridine rings is 1. The fourth-order valence-corrected chi connectivity index (χ4v) is 1.02. The number of hydrogen-bond acceptors (Lipinski definition) is 1. The Morgan fingerprint density at radius 3 is 2.33 bits per heavy atom. The fraction of sp³-hybridized carbons (Fsp3) is 0.286. The van der Waals surface area contributed by atoms with Crippen molar-refractivity contribution in [2.45, 2.75) is 4.90 Å². The second-order valence-corrected chi connectivity index (χ2v) is 2.78. The van der Waals surface area contributed by atoms with Gasteiger partial charge in [-0.1, -0.05) is 0 Å². The van der Waals surface area contributed by atoms with Gasteiger partial charge in [-0.2, -0.15) is 0 Å². The molecule has 0 saturated heterocycles. The molecule has 0 aliphatic heterocycles. The van der Waals surface area contributed by atoms with Gasteiger partial charge in [-0.25, -0.2) is 4.57 Å². The van der Waals surface area contributed by atoms with Crippen molar-refractivity contribution in [1.29, 1.82) is 0 Å². The first-order valence-electron chi connectivity index (χ1n) is 2.82. The molecule has 0 bridgehead atoms. The van der Waals surface area contributed by atoms with E-state index in [1.165, 1.54) is 4.90 Å². The first-order valence-corrected chi connectivity index (χ1v) is 4.04. The number of aromatic nitrogens is 1. The van der Waals surface area contributed by atoms with E-state index in [0.29, 0.717) is 0 Å². The lowest BCUT2D eigenvalue weighted by Crippen LogP contribution is -2.25. The van der Waals surface area contributed by atoms with Crippen LogP contribution in [0.5, 0.6) is 0 Å². The lowest BCUT2D eigenvalue weighted by molar-refractivity contribution is -0.671. The summed E-state index contributed by atoms with van der Waals surface area (Å²) in [5.41, 5.74) is 0. The Kier molecular flexibility index (Phi) is 2.11. The molecule has 0 saturated carbocycles. The predicted octanol–water partition coefficient (Wildman–Crippen LogP) is 1.23. The molecule has 1 heterocycles. The minimum absolute atomic E-state index is 1.31. The second kappa shape index (κ2) is 2.87. The summed E-state index contributed by atoms with van der Waals surface area (Å²) in [5.74, 6) is 0. The predicted molar refractivity (Wildman–Crippen MR) is 39.4 cm³/mol. The van der Waals surface area contributed by atoms with Crippen LogP contribution in [-0.2, 0) is 7.05 Å². The number of aryl methyl sites for hydroxylation is 1. The monoisotopic (exact) mass is 140 g/mol. The zero-order valence-corrected chi connectivity index (χ0v) is 6.48. The Morgan fingerprint density at radius 1 is 1.33 bits per heavy atom. The minimum atomic E-state index is 1.31. The molecule has 1 aromatic rings. The molecule has 48 valence electrons. The summed E-state index contributed by atoms with van der Waals surface area (Å²) in [7, 11) is 2.02. The molecule has 0 aromatic carbocycles. The van der Waals surface area contributed by atoms with Crippen molar-refractivity contribution in [3.63, 3.8) is 0 Å². The summed E-state index contributed by atoms with van der Waals surface area (Å²) in [6.45, 7) is 0. The van der Waals surface area contributed by atoms with Crippen LogP contribution in [0, 0.1) is 0 Å². The first kappa shape index (κ1) is 6.62. The van der Waals surface area contributed by atoms with Gasteiger partial charge < -0.3 is 0 Å². The SMILES string of the molecule is CSc1cc[n+](C)cc1. The van der Waals surface area contributed by atoms with Gasteiger partial charge >= 0.3 is 0 Å². The van der Waals surface area contributed by atoms with E-state index in [1.54, 1.807) is 11.8 Å². The van der Waals surface area contributed by atoms with E-state index in [9.17, 15) is 0 Å². The Hall–Kier alpha value is -0.500. The largest absolute Gasteiger partial charge is 0.208 e. The summed E-state index contributed by atoms with van der Waals surface area (Å²) in [5, 5.41) is 0. The van der Waals surface area contributed by atoms with Gasteiger partial charge in [0.25, 0.3) is 0 Å². The maximum absolute atomic E-state index is 2.10. The van der Waals surface area contributed by atoms with Crippen molar-refractivity contribution in [3.8, 4) is 0 Å². The Morgan fingerprint density at radius 2 is 1.89 bits per heavy atom. The van der Waals surface area contributed by atoms with Gasteiger partial charge in [0.2, 0.25) is 0 Å². The smallest absolute Gasteiger partial charge is 0.169 e. The van der Waals surface area contributed by atoms with Crippen LogP contribution in [0.4, 0.5) is 0 Å². The summed E-state index contributed by atoms with van der Waals surface area (Å²) in [6, 6.07) is 4.20. The van der Waals surface area contributed by atoms with Gasteiger partial charge in [0.1, 0.15) is 7.05 Å². The van der Waals surface area contributed by atoms with Crippen LogP contribution in [0.15, 0.2) is 29.4 Å². The maximum Gasteiger partial charge on any atom is 0.169 e. The molecule has 0 aliphatic carbocycles. The van der Waals surface area contributed by atoms with Crippen molar-refractivity contribution in [2.75, 3.05) is 6.26 Å². The molecule has 1 nitrogen and oxygen atoms in total. The quantitative estimate of drug-likeness (QED) is 0.419. The van der Waals surface area contributed by atoms with E-state index < -0.39 is 0 Å². The molecule has 1 aromatic heterocycles. The number of rotatable bonds is 1. The van der Waals surface area contributed by atoms with Crippen LogP contribution >= 0.6 is 11.8 Å². The van der Waals surface area contributed by atoms with E-state index in [0.717, 1.165) is 0 Å². The second-order valence-electron chi connectivity index (χ2n) is 1.90. The fourth-order valence-electron chi connectivity index (χ4n) is 0.623. The van der Waals surface area contributed by atoms with Crippen LogP contribution < -0.4 is 4.57 Å². The lowest BCUT2D eigenvalue weighted by atomic mass is 10.5. The van der Waals surface area contributed by atoms with Crippen molar-refractivity contribution in [2.24, 2.45) is 7.05 Å². The third kappa shape index (κ3) is 1.72. The van der Waals surface area contributed by atoms with E-state index in [4.69, 9.17) is 0 Å². The molecule has 2 heteroatoms. The zero-order chi connectivity index (χ0) is 6.69. The van der Waals surface area contributed by atoms with E-state index >= 15 is 0 Å². The standard InChI is InChI=1S/C7H10NS/c1-8-5-3-7(9-2)4-6-8/h3-6H,1-2H3/q+1. The van der Waals surface area contributed by atoms with Gasteiger partial charge in [0.05, 0.1) is 0 Å². The van der Waals surface area contributed by atoms with Crippen molar-refractivity contribution in [1.82, 2.24) is 0 Å². The zero-order valence-electron chi connectivity index (χ0n) is 5.66. The Labute approximate surface area is 59.7 Å². The molecule has 0 fully saturated rings. The average molecular weight is 140 g/mol. The molecule has 1 rings (SSSR count). The maximum atomic E-state index is 2.10. The molecule has 0 unspecified atom stereocenters. The topological polar surface area (TPSA) is 3.88 Å². The summed E-state index contributed by atoms with van der Waals surface area (Å²) >= 11 is 1.76. The van der Waals surface area contributed by atoms with E-state index in [2.05, 4.69) is 18.4 Å². The Bertz CT molecular complexity index is 181. The molecule has 9 heavy (non-hydrogen) atoms. The molecule has 0 radical (unpaired) electrons. The van der Waals surface area contributed by atoms with Gasteiger partial charge in [0.15, 0.2) is 12.4 Å². The van der Waals surface area contributed by atoms with Gasteiger partial charge in [-0.15, -0.1) is 11.8 Å². The molecule has 0 aliphatic rings. The van der Waals surface area contributed by atoms with E-state index in [-0.39, 0.29) is 0 Å². The molecule has 0 amide bonds. The number of hydrogen-bond donors (Lipinski definition) is 0. The summed E-state index contributed by atoms with van der Waals surface area (Å²) < 4.78 is 2.03. The van der Waals surface area contributed by atoms with Gasteiger partial charge in [-0.05, 0) is 6.26 Å². The first-order chi connectivity index (χ1) is 4.33. The van der Waals surface area contributed by atoms with Gasteiger partial charge in [0, 0.05) is 17.0 Å². The average Bonchev–Trinajstić information content (AvgIpc) is 1.90. The molecule has 0 N–H and O–H groups in total. The summed E-state index contributed by atoms with van der Waals surface area (Å²) in [4.78, 5) is 1.31. The van der Waals surface area contributed by atoms with E-state index in [1.807, 2.05) is 24.0 Å². The van der Waals surface area contributed by atoms with Crippen LogP contribution in [0.3, 0.4) is 0 Å². The highest BCUT2D eigenvalue weighted by Gasteiger charge is 1.90.